The normalized spacial score (nSPS) is 16.7. The molecule has 1 fully saturated rings. The highest BCUT2D eigenvalue weighted by molar-refractivity contribution is 6.30. The van der Waals surface area contributed by atoms with Gasteiger partial charge < -0.3 is 34.9 Å². The average molecular weight is 562 g/mol. The van der Waals surface area contributed by atoms with Gasteiger partial charge in [-0.05, 0) is 80.6 Å². The molecule has 0 radical (unpaired) electrons. The van der Waals surface area contributed by atoms with Crippen LogP contribution in [0.2, 0.25) is 5.02 Å². The standard InChI is InChI=1S/C29H40ClN3O6/c1-4-38-26-16-22(27(21-8-5-9-24(30)15-21)39-12-10-32-29(35)36-3)14-23(17-26)28(34)33-18-25(31-2)13-20-7-6-11-37-19-20/h5,8-9,14-17,20,25,27,31H,4,6-7,10-13,18-19H2,1-3H3,(H,32,35)(H,33,34)/t20-,25+,27?/m1/s1. The lowest BCUT2D eigenvalue weighted by Crippen LogP contribution is -2.41. The van der Waals surface area contributed by atoms with Gasteiger partial charge in [-0.15, -0.1) is 0 Å². The van der Waals surface area contributed by atoms with Gasteiger partial charge >= 0.3 is 6.09 Å². The summed E-state index contributed by atoms with van der Waals surface area (Å²) in [6, 6.07) is 12.9. The summed E-state index contributed by atoms with van der Waals surface area (Å²) in [7, 11) is 3.22. The first kappa shape index (κ1) is 30.7. The second kappa shape index (κ2) is 16.3. The lowest BCUT2D eigenvalue weighted by Gasteiger charge is -2.26. The van der Waals surface area contributed by atoms with Gasteiger partial charge in [0.05, 0.1) is 20.3 Å². The Labute approximate surface area is 235 Å². The van der Waals surface area contributed by atoms with Gasteiger partial charge in [0.25, 0.3) is 5.91 Å². The average Bonchev–Trinajstić information content (AvgIpc) is 2.95. The highest BCUT2D eigenvalue weighted by atomic mass is 35.5. The Hall–Kier alpha value is -2.85. The van der Waals surface area contributed by atoms with Crippen LogP contribution < -0.4 is 20.7 Å². The lowest BCUT2D eigenvalue weighted by atomic mass is 9.94. The number of rotatable bonds is 14. The fourth-order valence-corrected chi connectivity index (χ4v) is 4.83. The third kappa shape index (κ3) is 10.0. The van der Waals surface area contributed by atoms with E-state index in [1.54, 1.807) is 18.2 Å². The summed E-state index contributed by atoms with van der Waals surface area (Å²) in [6.45, 7) is 4.89. The number of amides is 2. The smallest absolute Gasteiger partial charge is 0.406 e. The van der Waals surface area contributed by atoms with Crippen LogP contribution in [-0.4, -0.2) is 71.7 Å². The van der Waals surface area contributed by atoms with Gasteiger partial charge in [0, 0.05) is 42.9 Å². The van der Waals surface area contributed by atoms with Crippen LogP contribution in [0.15, 0.2) is 42.5 Å². The molecule has 214 valence electrons. The maximum atomic E-state index is 13.3. The molecule has 1 unspecified atom stereocenters. The Kier molecular flexibility index (Phi) is 12.8. The molecule has 1 aliphatic heterocycles. The van der Waals surface area contributed by atoms with E-state index in [-0.39, 0.29) is 25.1 Å². The quantitative estimate of drug-likeness (QED) is 0.295. The third-order valence-electron chi connectivity index (χ3n) is 6.59. The van der Waals surface area contributed by atoms with E-state index in [0.717, 1.165) is 43.6 Å². The summed E-state index contributed by atoms with van der Waals surface area (Å²) in [6.07, 6.45) is 2.07. The number of methoxy groups -OCH3 is 1. The van der Waals surface area contributed by atoms with E-state index in [2.05, 4.69) is 20.7 Å². The van der Waals surface area contributed by atoms with Gasteiger partial charge in [-0.25, -0.2) is 4.79 Å². The Morgan fingerprint density at radius 2 is 2.00 bits per heavy atom. The molecular weight excluding hydrogens is 522 g/mol. The van der Waals surface area contributed by atoms with Crippen molar-refractivity contribution in [3.05, 3.63) is 64.2 Å². The third-order valence-corrected chi connectivity index (χ3v) is 6.82. The second-order valence-electron chi connectivity index (χ2n) is 9.46. The van der Waals surface area contributed by atoms with Crippen molar-refractivity contribution in [2.75, 3.05) is 53.7 Å². The molecule has 3 atom stereocenters. The molecular formula is C29H40ClN3O6. The van der Waals surface area contributed by atoms with Crippen LogP contribution in [0.1, 0.15) is 53.8 Å². The SMILES string of the molecule is CCOc1cc(C(=O)NC[C@H](C[C@H]2CCCOC2)NC)cc(C(OCCNC(=O)OC)c2cccc(Cl)c2)c1. The Bertz CT molecular complexity index is 1060. The van der Waals surface area contributed by atoms with E-state index in [0.29, 0.717) is 35.4 Å². The molecule has 3 N–H and O–H groups in total. The number of likely N-dealkylation sites (N-methyl/N-ethyl adjacent to an activating group) is 1. The van der Waals surface area contributed by atoms with Crippen molar-refractivity contribution in [3.63, 3.8) is 0 Å². The number of nitrogens with one attached hydrogen (secondary N) is 3. The zero-order valence-electron chi connectivity index (χ0n) is 23.0. The Morgan fingerprint density at radius 1 is 1.15 bits per heavy atom. The van der Waals surface area contributed by atoms with E-state index in [1.165, 1.54) is 7.11 Å². The molecule has 10 heteroatoms. The van der Waals surface area contributed by atoms with Crippen molar-refractivity contribution in [1.82, 2.24) is 16.0 Å². The van der Waals surface area contributed by atoms with Crippen LogP contribution >= 0.6 is 11.6 Å². The number of hydrogen-bond donors (Lipinski definition) is 3. The summed E-state index contributed by atoms with van der Waals surface area (Å²) in [5.74, 6) is 0.855. The number of hydrogen-bond acceptors (Lipinski definition) is 7. The van der Waals surface area contributed by atoms with E-state index in [9.17, 15) is 9.59 Å². The minimum absolute atomic E-state index is 0.139. The molecule has 0 spiro atoms. The van der Waals surface area contributed by atoms with Crippen LogP contribution in [0, 0.1) is 5.92 Å². The number of ether oxygens (including phenoxy) is 4. The second-order valence-corrected chi connectivity index (χ2v) is 9.90. The number of carbonyl (C=O) groups excluding carboxylic acids is 2. The summed E-state index contributed by atoms with van der Waals surface area (Å²) >= 11 is 6.28. The molecule has 2 amide bonds. The molecule has 1 heterocycles. The number of benzene rings is 2. The molecule has 39 heavy (non-hydrogen) atoms. The molecule has 2 aromatic rings. The van der Waals surface area contributed by atoms with E-state index < -0.39 is 12.2 Å². The van der Waals surface area contributed by atoms with Crippen LogP contribution in [0.4, 0.5) is 4.79 Å². The first-order valence-electron chi connectivity index (χ1n) is 13.4. The molecule has 0 bridgehead atoms. The highest BCUT2D eigenvalue weighted by Crippen LogP contribution is 2.31. The van der Waals surface area contributed by atoms with E-state index >= 15 is 0 Å². The van der Waals surface area contributed by atoms with Crippen LogP contribution in [0.25, 0.3) is 0 Å². The fraction of sp³-hybridized carbons (Fsp3) is 0.517. The fourth-order valence-electron chi connectivity index (χ4n) is 4.63. The van der Waals surface area contributed by atoms with Crippen LogP contribution in [-0.2, 0) is 14.2 Å². The molecule has 0 aliphatic carbocycles. The Morgan fingerprint density at radius 3 is 2.69 bits per heavy atom. The molecule has 2 aromatic carbocycles. The number of alkyl carbamates (subject to hydrolysis) is 1. The van der Waals surface area contributed by atoms with Gasteiger partial charge in [0.2, 0.25) is 0 Å². The summed E-state index contributed by atoms with van der Waals surface area (Å²) in [5, 5.41) is 9.57. The Balaban J connectivity index is 1.78. The summed E-state index contributed by atoms with van der Waals surface area (Å²) < 4.78 is 22.2. The summed E-state index contributed by atoms with van der Waals surface area (Å²) in [5.41, 5.74) is 2.01. The maximum absolute atomic E-state index is 13.3. The maximum Gasteiger partial charge on any atom is 0.406 e. The van der Waals surface area contributed by atoms with Crippen LogP contribution in [0.5, 0.6) is 5.75 Å². The molecule has 0 saturated carbocycles. The number of carbonyl (C=O) groups is 2. The predicted octanol–water partition coefficient (Wildman–Crippen LogP) is 4.34. The van der Waals surface area contributed by atoms with Crippen molar-refractivity contribution < 1.29 is 28.5 Å². The van der Waals surface area contributed by atoms with Crippen molar-refractivity contribution in [3.8, 4) is 5.75 Å². The molecule has 1 saturated heterocycles. The zero-order valence-corrected chi connectivity index (χ0v) is 23.7. The molecule has 1 aliphatic rings. The minimum Gasteiger partial charge on any atom is -0.494 e. The van der Waals surface area contributed by atoms with E-state index in [1.807, 2.05) is 38.2 Å². The van der Waals surface area contributed by atoms with Crippen molar-refractivity contribution in [2.45, 2.75) is 38.3 Å². The number of halogens is 1. The molecule has 3 rings (SSSR count). The molecule has 9 nitrogen and oxygen atoms in total. The van der Waals surface area contributed by atoms with Crippen molar-refractivity contribution in [2.24, 2.45) is 5.92 Å². The van der Waals surface area contributed by atoms with Gasteiger partial charge in [0.1, 0.15) is 11.9 Å². The van der Waals surface area contributed by atoms with Gasteiger partial charge in [0.15, 0.2) is 0 Å². The van der Waals surface area contributed by atoms with Crippen LogP contribution in [0.3, 0.4) is 0 Å². The highest BCUT2D eigenvalue weighted by Gasteiger charge is 2.22. The molecule has 0 aromatic heterocycles. The first-order valence-corrected chi connectivity index (χ1v) is 13.8. The first-order chi connectivity index (χ1) is 18.9. The van der Waals surface area contributed by atoms with Gasteiger partial charge in [-0.2, -0.15) is 0 Å². The predicted molar refractivity (Wildman–Crippen MR) is 151 cm³/mol. The van der Waals surface area contributed by atoms with Gasteiger partial charge in [-0.1, -0.05) is 23.7 Å². The van der Waals surface area contributed by atoms with Crippen molar-refractivity contribution >= 4 is 23.6 Å². The van der Waals surface area contributed by atoms with E-state index in [4.69, 9.17) is 25.8 Å². The lowest BCUT2D eigenvalue weighted by molar-refractivity contribution is 0.0478. The largest absolute Gasteiger partial charge is 0.494 e. The topological polar surface area (TPSA) is 107 Å². The monoisotopic (exact) mass is 561 g/mol. The minimum atomic E-state index is -0.550. The summed E-state index contributed by atoms with van der Waals surface area (Å²) in [4.78, 5) is 24.7. The zero-order chi connectivity index (χ0) is 28.0. The van der Waals surface area contributed by atoms with Crippen molar-refractivity contribution in [1.29, 1.82) is 0 Å². The van der Waals surface area contributed by atoms with Gasteiger partial charge in [-0.3, -0.25) is 4.79 Å².